The van der Waals surface area contributed by atoms with E-state index in [4.69, 9.17) is 0 Å². The zero-order valence-electron chi connectivity index (χ0n) is 8.71. The number of carbonyl (C=O) groups excluding carboxylic acids is 1. The first kappa shape index (κ1) is 13.0. The van der Waals surface area contributed by atoms with Gasteiger partial charge in [0.05, 0.1) is 6.10 Å². The molecule has 3 N–H and O–H groups in total. The van der Waals surface area contributed by atoms with E-state index in [1.54, 1.807) is 0 Å². The SMILES string of the molecule is CC(=O)SCC(O)C(O)c1ccc(=O)[nH]c1. The second kappa shape index (κ2) is 5.83. The summed E-state index contributed by atoms with van der Waals surface area (Å²) in [5.41, 5.74) is 0.139. The molecule has 0 aromatic carbocycles. The highest BCUT2D eigenvalue weighted by atomic mass is 32.2. The molecule has 0 saturated carbocycles. The molecule has 1 aromatic rings. The molecule has 0 aliphatic carbocycles. The van der Waals surface area contributed by atoms with Gasteiger partial charge in [0.2, 0.25) is 5.56 Å². The van der Waals surface area contributed by atoms with Crippen LogP contribution in [0, 0.1) is 0 Å². The Hall–Kier alpha value is -1.11. The van der Waals surface area contributed by atoms with Crippen molar-refractivity contribution in [2.75, 3.05) is 5.75 Å². The van der Waals surface area contributed by atoms with Crippen LogP contribution in [0.15, 0.2) is 23.1 Å². The monoisotopic (exact) mass is 243 g/mol. The molecule has 0 fully saturated rings. The fraction of sp³-hybridized carbons (Fsp3) is 0.400. The third-order valence-electron chi connectivity index (χ3n) is 1.97. The standard InChI is InChI=1S/C10H13NO4S/c1-6(12)16-5-8(13)10(15)7-2-3-9(14)11-4-7/h2-4,8,10,13,15H,5H2,1H3,(H,11,14). The van der Waals surface area contributed by atoms with Gasteiger partial charge in [-0.25, -0.2) is 0 Å². The Balaban J connectivity index is 2.62. The predicted molar refractivity (Wildman–Crippen MR) is 61.2 cm³/mol. The second-order valence-corrected chi connectivity index (χ2v) is 4.50. The summed E-state index contributed by atoms with van der Waals surface area (Å²) in [6.45, 7) is 1.39. The number of rotatable bonds is 4. The first-order valence-electron chi connectivity index (χ1n) is 4.69. The topological polar surface area (TPSA) is 90.4 Å². The number of aliphatic hydroxyl groups is 2. The van der Waals surface area contributed by atoms with Crippen molar-refractivity contribution in [1.82, 2.24) is 4.98 Å². The number of aromatic amines is 1. The Morgan fingerprint density at radius 2 is 2.19 bits per heavy atom. The molecule has 2 unspecified atom stereocenters. The van der Waals surface area contributed by atoms with Crippen LogP contribution in [0.1, 0.15) is 18.6 Å². The number of thioether (sulfide) groups is 1. The minimum atomic E-state index is -1.11. The van der Waals surface area contributed by atoms with Crippen molar-refractivity contribution in [2.24, 2.45) is 0 Å². The number of nitrogens with one attached hydrogen (secondary N) is 1. The molecule has 6 heteroatoms. The molecule has 0 aliphatic rings. The molecule has 0 amide bonds. The minimum Gasteiger partial charge on any atom is -0.389 e. The van der Waals surface area contributed by atoms with Gasteiger partial charge in [-0.05, 0) is 11.6 Å². The van der Waals surface area contributed by atoms with Crippen molar-refractivity contribution < 1.29 is 15.0 Å². The third kappa shape index (κ3) is 3.80. The van der Waals surface area contributed by atoms with Gasteiger partial charge in [-0.1, -0.05) is 11.8 Å². The zero-order chi connectivity index (χ0) is 12.1. The molecule has 1 aromatic heterocycles. The lowest BCUT2D eigenvalue weighted by Crippen LogP contribution is -2.22. The molecule has 0 radical (unpaired) electrons. The minimum absolute atomic E-state index is 0.118. The van der Waals surface area contributed by atoms with Crippen molar-refractivity contribution in [3.8, 4) is 0 Å². The van der Waals surface area contributed by atoms with Crippen LogP contribution in [-0.4, -0.2) is 32.2 Å². The van der Waals surface area contributed by atoms with E-state index >= 15 is 0 Å². The molecule has 88 valence electrons. The van der Waals surface area contributed by atoms with Crippen molar-refractivity contribution >= 4 is 16.9 Å². The number of H-pyrrole nitrogens is 1. The Kier molecular flexibility index (Phi) is 4.72. The van der Waals surface area contributed by atoms with E-state index < -0.39 is 12.2 Å². The summed E-state index contributed by atoms with van der Waals surface area (Å²) >= 11 is 0.945. The van der Waals surface area contributed by atoms with Crippen LogP contribution in [0.4, 0.5) is 0 Å². The lowest BCUT2D eigenvalue weighted by atomic mass is 10.1. The lowest BCUT2D eigenvalue weighted by Gasteiger charge is -2.16. The average Bonchev–Trinajstić information content (AvgIpc) is 2.26. The van der Waals surface area contributed by atoms with Crippen molar-refractivity contribution in [2.45, 2.75) is 19.1 Å². The van der Waals surface area contributed by atoms with Gasteiger partial charge in [0.15, 0.2) is 5.12 Å². The van der Waals surface area contributed by atoms with Gasteiger partial charge in [-0.3, -0.25) is 9.59 Å². The van der Waals surface area contributed by atoms with Gasteiger partial charge in [0, 0.05) is 24.9 Å². The van der Waals surface area contributed by atoms with Gasteiger partial charge in [0.25, 0.3) is 0 Å². The molecule has 0 bridgehead atoms. The molecule has 5 nitrogen and oxygen atoms in total. The van der Waals surface area contributed by atoms with Gasteiger partial charge in [-0.15, -0.1) is 0 Å². The van der Waals surface area contributed by atoms with Gasteiger partial charge in [-0.2, -0.15) is 0 Å². The van der Waals surface area contributed by atoms with Gasteiger partial charge >= 0.3 is 0 Å². The maximum atomic E-state index is 10.8. The van der Waals surface area contributed by atoms with Crippen molar-refractivity contribution in [3.63, 3.8) is 0 Å². The van der Waals surface area contributed by atoms with E-state index in [2.05, 4.69) is 4.98 Å². The van der Waals surface area contributed by atoms with E-state index in [-0.39, 0.29) is 16.4 Å². The van der Waals surface area contributed by atoms with E-state index in [0.717, 1.165) is 11.8 Å². The number of hydrogen-bond donors (Lipinski definition) is 3. The maximum absolute atomic E-state index is 10.8. The van der Waals surface area contributed by atoms with Crippen molar-refractivity contribution in [1.29, 1.82) is 0 Å². The maximum Gasteiger partial charge on any atom is 0.247 e. The normalized spacial score (nSPS) is 14.4. The smallest absolute Gasteiger partial charge is 0.247 e. The number of carbonyl (C=O) groups is 1. The molecule has 0 saturated heterocycles. The van der Waals surface area contributed by atoms with Crippen LogP contribution in [-0.2, 0) is 4.79 Å². The number of pyridine rings is 1. The molecule has 0 aliphatic heterocycles. The fourth-order valence-electron chi connectivity index (χ4n) is 1.12. The first-order valence-corrected chi connectivity index (χ1v) is 5.67. The Labute approximate surface area is 96.5 Å². The molecular formula is C10H13NO4S. The van der Waals surface area contributed by atoms with Gasteiger partial charge < -0.3 is 15.2 Å². The van der Waals surface area contributed by atoms with E-state index in [0.29, 0.717) is 5.56 Å². The predicted octanol–water partition coefficient (Wildman–Crippen LogP) is 0.0489. The zero-order valence-corrected chi connectivity index (χ0v) is 9.53. The van der Waals surface area contributed by atoms with Crippen LogP contribution in [0.25, 0.3) is 0 Å². The molecule has 1 rings (SSSR count). The molecule has 1 heterocycles. The summed E-state index contributed by atoms with van der Waals surface area (Å²) in [7, 11) is 0. The lowest BCUT2D eigenvalue weighted by molar-refractivity contribution is -0.109. The molecule has 2 atom stereocenters. The van der Waals surface area contributed by atoms with E-state index in [9.17, 15) is 19.8 Å². The number of hydrogen-bond acceptors (Lipinski definition) is 5. The van der Waals surface area contributed by atoms with Crippen LogP contribution >= 0.6 is 11.8 Å². The van der Waals surface area contributed by atoms with Crippen LogP contribution in [0.5, 0.6) is 0 Å². The highest BCUT2D eigenvalue weighted by Crippen LogP contribution is 2.18. The Morgan fingerprint density at radius 1 is 1.50 bits per heavy atom. The summed E-state index contributed by atoms with van der Waals surface area (Å²) < 4.78 is 0. The fourth-order valence-corrected chi connectivity index (χ4v) is 1.71. The van der Waals surface area contributed by atoms with E-state index in [1.165, 1.54) is 25.3 Å². The Morgan fingerprint density at radius 3 is 2.69 bits per heavy atom. The summed E-state index contributed by atoms with van der Waals surface area (Å²) in [5, 5.41) is 19.2. The third-order valence-corrected chi connectivity index (χ3v) is 2.89. The molecule has 0 spiro atoms. The van der Waals surface area contributed by atoms with Crippen molar-refractivity contribution in [3.05, 3.63) is 34.2 Å². The quantitative estimate of drug-likeness (QED) is 0.695. The molecular weight excluding hydrogens is 230 g/mol. The number of aromatic nitrogens is 1. The average molecular weight is 243 g/mol. The summed E-state index contributed by atoms with van der Waals surface area (Å²) in [6, 6.07) is 2.70. The second-order valence-electron chi connectivity index (χ2n) is 3.30. The highest BCUT2D eigenvalue weighted by molar-refractivity contribution is 8.13. The van der Waals surface area contributed by atoms with Crippen LogP contribution in [0.3, 0.4) is 0 Å². The van der Waals surface area contributed by atoms with Crippen LogP contribution in [0.2, 0.25) is 0 Å². The summed E-state index contributed by atoms with van der Waals surface area (Å²) in [6.07, 6.45) is -0.808. The highest BCUT2D eigenvalue weighted by Gasteiger charge is 2.19. The number of aliphatic hydroxyl groups excluding tert-OH is 2. The summed E-state index contributed by atoms with van der Waals surface area (Å²) in [4.78, 5) is 23.9. The van der Waals surface area contributed by atoms with Crippen LogP contribution < -0.4 is 5.56 Å². The largest absolute Gasteiger partial charge is 0.389 e. The summed E-state index contributed by atoms with van der Waals surface area (Å²) in [5.74, 6) is 0.121. The van der Waals surface area contributed by atoms with E-state index in [1.807, 2.05) is 0 Å². The first-order chi connectivity index (χ1) is 7.50. The molecule has 16 heavy (non-hydrogen) atoms. The van der Waals surface area contributed by atoms with Gasteiger partial charge in [0.1, 0.15) is 6.10 Å². The Bertz CT molecular complexity index is 397.